The molecule has 0 aliphatic heterocycles. The Labute approximate surface area is 150 Å². The SMILES string of the molecule is C[C@H]1CCc2c(sc3ncn4c(CCc5ccccc5)nnc4c23)C1. The van der Waals surface area contributed by atoms with Crippen molar-refractivity contribution in [3.8, 4) is 0 Å². The van der Waals surface area contributed by atoms with E-state index in [1.807, 2.05) is 17.7 Å². The lowest BCUT2D eigenvalue weighted by molar-refractivity contribution is 0.509. The van der Waals surface area contributed by atoms with Crippen molar-refractivity contribution in [1.82, 2.24) is 19.6 Å². The quantitative estimate of drug-likeness (QED) is 0.556. The molecule has 1 atom stereocenters. The fourth-order valence-electron chi connectivity index (χ4n) is 3.85. The number of nitrogens with zero attached hydrogens (tertiary/aromatic N) is 4. The fourth-order valence-corrected chi connectivity index (χ4v) is 5.20. The summed E-state index contributed by atoms with van der Waals surface area (Å²) in [5, 5.41) is 10.3. The van der Waals surface area contributed by atoms with Gasteiger partial charge in [-0.3, -0.25) is 4.40 Å². The van der Waals surface area contributed by atoms with Crippen LogP contribution in [0.2, 0.25) is 0 Å². The maximum Gasteiger partial charge on any atom is 0.172 e. The first kappa shape index (κ1) is 15.0. The molecule has 3 heterocycles. The molecule has 0 amide bonds. The number of aromatic nitrogens is 4. The van der Waals surface area contributed by atoms with E-state index < -0.39 is 0 Å². The van der Waals surface area contributed by atoms with Crippen molar-refractivity contribution in [3.63, 3.8) is 0 Å². The Kier molecular flexibility index (Phi) is 3.55. The van der Waals surface area contributed by atoms with Crippen LogP contribution in [0.3, 0.4) is 0 Å². The molecule has 1 aliphatic carbocycles. The van der Waals surface area contributed by atoms with Gasteiger partial charge in [-0.15, -0.1) is 21.5 Å². The van der Waals surface area contributed by atoms with Crippen molar-refractivity contribution in [2.45, 2.75) is 39.0 Å². The summed E-state index contributed by atoms with van der Waals surface area (Å²) in [6, 6.07) is 10.5. The summed E-state index contributed by atoms with van der Waals surface area (Å²) in [6.07, 6.45) is 7.33. The molecule has 1 aliphatic rings. The summed E-state index contributed by atoms with van der Waals surface area (Å²) in [5.74, 6) is 1.77. The molecule has 0 fully saturated rings. The van der Waals surface area contributed by atoms with Crippen LogP contribution >= 0.6 is 11.3 Å². The summed E-state index contributed by atoms with van der Waals surface area (Å²) in [6.45, 7) is 2.34. The minimum absolute atomic E-state index is 0.774. The monoisotopic (exact) mass is 348 g/mol. The number of aryl methyl sites for hydroxylation is 3. The zero-order chi connectivity index (χ0) is 16.8. The first-order chi connectivity index (χ1) is 12.3. The van der Waals surface area contributed by atoms with E-state index in [2.05, 4.69) is 51.9 Å². The van der Waals surface area contributed by atoms with E-state index in [0.717, 1.165) is 41.5 Å². The number of benzene rings is 1. The van der Waals surface area contributed by atoms with E-state index in [-0.39, 0.29) is 0 Å². The van der Waals surface area contributed by atoms with Gasteiger partial charge in [0.2, 0.25) is 0 Å². The van der Waals surface area contributed by atoms with Crippen molar-refractivity contribution in [1.29, 1.82) is 0 Å². The summed E-state index contributed by atoms with van der Waals surface area (Å²) >= 11 is 1.85. The molecule has 0 radical (unpaired) electrons. The van der Waals surface area contributed by atoms with Crippen molar-refractivity contribution in [3.05, 3.63) is 58.5 Å². The van der Waals surface area contributed by atoms with Gasteiger partial charge in [-0.05, 0) is 42.7 Å². The molecule has 5 heteroatoms. The van der Waals surface area contributed by atoms with E-state index >= 15 is 0 Å². The Hall–Kier alpha value is -2.27. The highest BCUT2D eigenvalue weighted by Crippen LogP contribution is 2.38. The maximum absolute atomic E-state index is 4.73. The van der Waals surface area contributed by atoms with Gasteiger partial charge in [0.25, 0.3) is 0 Å². The molecule has 0 saturated heterocycles. The van der Waals surface area contributed by atoms with Crippen LogP contribution in [0, 0.1) is 5.92 Å². The normalized spacial score (nSPS) is 17.2. The van der Waals surface area contributed by atoms with E-state index in [4.69, 9.17) is 4.98 Å². The molecule has 3 aromatic heterocycles. The first-order valence-corrected chi connectivity index (χ1v) is 9.78. The molecular formula is C20H20N4S. The summed E-state index contributed by atoms with van der Waals surface area (Å²) in [7, 11) is 0. The molecule has 0 saturated carbocycles. The highest BCUT2D eigenvalue weighted by Gasteiger charge is 2.23. The van der Waals surface area contributed by atoms with Crippen molar-refractivity contribution >= 4 is 27.2 Å². The molecule has 4 nitrogen and oxygen atoms in total. The molecule has 0 unspecified atom stereocenters. The zero-order valence-corrected chi connectivity index (χ0v) is 15.1. The number of fused-ring (bicyclic) bond motifs is 5. The zero-order valence-electron chi connectivity index (χ0n) is 14.3. The van der Waals surface area contributed by atoms with Gasteiger partial charge in [0.1, 0.15) is 17.0 Å². The van der Waals surface area contributed by atoms with Crippen molar-refractivity contribution in [2.75, 3.05) is 0 Å². The molecular weight excluding hydrogens is 328 g/mol. The van der Waals surface area contributed by atoms with Gasteiger partial charge in [-0.25, -0.2) is 4.98 Å². The third-order valence-corrected chi connectivity index (χ3v) is 6.42. The highest BCUT2D eigenvalue weighted by molar-refractivity contribution is 7.19. The molecule has 0 bridgehead atoms. The Morgan fingerprint density at radius 3 is 2.92 bits per heavy atom. The molecule has 5 rings (SSSR count). The number of rotatable bonds is 3. The van der Waals surface area contributed by atoms with Gasteiger partial charge in [-0.1, -0.05) is 37.3 Å². The molecule has 25 heavy (non-hydrogen) atoms. The summed E-state index contributed by atoms with van der Waals surface area (Å²) in [4.78, 5) is 7.35. The van der Waals surface area contributed by atoms with Crippen molar-refractivity contribution < 1.29 is 0 Å². The van der Waals surface area contributed by atoms with E-state index in [1.54, 1.807) is 0 Å². The Morgan fingerprint density at radius 1 is 1.16 bits per heavy atom. The average Bonchev–Trinajstić information content (AvgIpc) is 3.20. The maximum atomic E-state index is 4.73. The van der Waals surface area contributed by atoms with E-state index in [9.17, 15) is 0 Å². The van der Waals surface area contributed by atoms with Crippen LogP contribution in [0.1, 0.15) is 35.2 Å². The molecule has 1 aromatic carbocycles. The van der Waals surface area contributed by atoms with Crippen LogP contribution in [0.4, 0.5) is 0 Å². The first-order valence-electron chi connectivity index (χ1n) is 8.96. The van der Waals surface area contributed by atoms with Crippen LogP contribution in [0.5, 0.6) is 0 Å². The topological polar surface area (TPSA) is 43.1 Å². The Morgan fingerprint density at radius 2 is 2.04 bits per heavy atom. The molecule has 0 spiro atoms. The minimum atomic E-state index is 0.774. The van der Waals surface area contributed by atoms with Gasteiger partial charge in [0.15, 0.2) is 5.65 Å². The second kappa shape index (κ2) is 5.92. The van der Waals surface area contributed by atoms with Crippen molar-refractivity contribution in [2.24, 2.45) is 5.92 Å². The summed E-state index contributed by atoms with van der Waals surface area (Å²) < 4.78 is 2.09. The third-order valence-electron chi connectivity index (χ3n) is 5.25. The largest absolute Gasteiger partial charge is 0.269 e. The number of hydrogen-bond acceptors (Lipinski definition) is 4. The standard InChI is InChI=1S/C20H20N4S/c1-13-7-9-15-16(11-13)25-20-18(15)19-23-22-17(24(19)12-21-20)10-8-14-5-3-2-4-6-14/h2-6,12-13H,7-11H2,1H3/t13-/m0/s1. The van der Waals surface area contributed by atoms with Gasteiger partial charge < -0.3 is 0 Å². The Balaban J connectivity index is 1.55. The lowest BCUT2D eigenvalue weighted by Crippen LogP contribution is -2.08. The van der Waals surface area contributed by atoms with E-state index in [1.165, 1.54) is 34.2 Å². The lowest BCUT2D eigenvalue weighted by Gasteiger charge is -2.17. The lowest BCUT2D eigenvalue weighted by atomic mass is 9.89. The van der Waals surface area contributed by atoms with Crippen LogP contribution in [-0.4, -0.2) is 19.6 Å². The second-order valence-corrected chi connectivity index (χ2v) is 8.16. The van der Waals surface area contributed by atoms with Gasteiger partial charge >= 0.3 is 0 Å². The Bertz CT molecular complexity index is 1050. The highest BCUT2D eigenvalue weighted by atomic mass is 32.1. The number of hydrogen-bond donors (Lipinski definition) is 0. The predicted octanol–water partition coefficient (Wildman–Crippen LogP) is 4.25. The van der Waals surface area contributed by atoms with Crippen LogP contribution in [-0.2, 0) is 25.7 Å². The van der Waals surface area contributed by atoms with Crippen LogP contribution < -0.4 is 0 Å². The molecule has 4 aromatic rings. The summed E-state index contributed by atoms with van der Waals surface area (Å²) in [5.41, 5.74) is 3.79. The van der Waals surface area contributed by atoms with Gasteiger partial charge in [0.05, 0.1) is 5.39 Å². The van der Waals surface area contributed by atoms with Crippen LogP contribution in [0.25, 0.3) is 15.9 Å². The smallest absolute Gasteiger partial charge is 0.172 e. The predicted molar refractivity (Wildman–Crippen MR) is 101 cm³/mol. The minimum Gasteiger partial charge on any atom is -0.269 e. The van der Waals surface area contributed by atoms with E-state index in [0.29, 0.717) is 0 Å². The van der Waals surface area contributed by atoms with Gasteiger partial charge in [0, 0.05) is 11.3 Å². The average molecular weight is 348 g/mol. The third kappa shape index (κ3) is 2.54. The molecule has 0 N–H and O–H groups in total. The van der Waals surface area contributed by atoms with Crippen LogP contribution in [0.15, 0.2) is 36.7 Å². The second-order valence-electron chi connectivity index (χ2n) is 7.07. The number of thiophene rings is 1. The molecule has 126 valence electrons. The van der Waals surface area contributed by atoms with Gasteiger partial charge in [-0.2, -0.15) is 0 Å². The fraction of sp³-hybridized carbons (Fsp3) is 0.350.